The molecule has 7 nitrogen and oxygen atoms in total. The first kappa shape index (κ1) is 14.8. The molecule has 1 aliphatic heterocycles. The molecule has 1 saturated heterocycles. The zero-order valence-corrected chi connectivity index (χ0v) is 12.4. The van der Waals surface area contributed by atoms with Crippen LogP contribution in [-0.2, 0) is 11.3 Å². The Morgan fingerprint density at radius 3 is 3.05 bits per heavy atom. The van der Waals surface area contributed by atoms with Crippen LogP contribution < -0.4 is 5.32 Å². The summed E-state index contributed by atoms with van der Waals surface area (Å²) in [7, 11) is 0. The Hall–Kier alpha value is -1.63. The molecule has 7 heteroatoms. The smallest absolute Gasteiger partial charge is 0.317 e. The summed E-state index contributed by atoms with van der Waals surface area (Å²) >= 11 is 0. The molecule has 0 radical (unpaired) electrons. The zero-order valence-electron chi connectivity index (χ0n) is 12.4. The Bertz CT molecular complexity index is 436. The second-order valence-electron chi connectivity index (χ2n) is 5.54. The third-order valence-electron chi connectivity index (χ3n) is 3.67. The lowest BCUT2D eigenvalue weighted by atomic mass is 10.0. The lowest BCUT2D eigenvalue weighted by Gasteiger charge is -2.40. The maximum absolute atomic E-state index is 12.3. The van der Waals surface area contributed by atoms with Gasteiger partial charge in [-0.2, -0.15) is 5.10 Å². The van der Waals surface area contributed by atoms with E-state index in [4.69, 9.17) is 4.74 Å². The summed E-state index contributed by atoms with van der Waals surface area (Å²) in [4.78, 5) is 18.0. The SMILES string of the molecule is CC[C@]1(C)CN(C(=O)N[C@@H](C)Cn2cncn2)CCO1. The van der Waals surface area contributed by atoms with E-state index >= 15 is 0 Å². The molecule has 1 aromatic heterocycles. The highest BCUT2D eigenvalue weighted by Crippen LogP contribution is 2.20. The highest BCUT2D eigenvalue weighted by molar-refractivity contribution is 5.74. The van der Waals surface area contributed by atoms with E-state index in [-0.39, 0.29) is 17.7 Å². The average molecular weight is 281 g/mol. The lowest BCUT2D eigenvalue weighted by Crippen LogP contribution is -2.55. The monoisotopic (exact) mass is 281 g/mol. The number of hydrogen-bond acceptors (Lipinski definition) is 4. The van der Waals surface area contributed by atoms with Crippen LogP contribution in [0.25, 0.3) is 0 Å². The fourth-order valence-electron chi connectivity index (χ4n) is 2.27. The van der Waals surface area contributed by atoms with Gasteiger partial charge in [-0.25, -0.2) is 9.78 Å². The molecule has 1 aromatic rings. The maximum Gasteiger partial charge on any atom is 0.317 e. The first-order valence-electron chi connectivity index (χ1n) is 7.04. The van der Waals surface area contributed by atoms with Gasteiger partial charge in [0.2, 0.25) is 0 Å². The normalized spacial score (nSPS) is 24.4. The van der Waals surface area contributed by atoms with Gasteiger partial charge in [-0.05, 0) is 20.3 Å². The van der Waals surface area contributed by atoms with Crippen molar-refractivity contribution in [3.05, 3.63) is 12.7 Å². The first-order chi connectivity index (χ1) is 9.52. The summed E-state index contributed by atoms with van der Waals surface area (Å²) in [6.07, 6.45) is 4.03. The minimum Gasteiger partial charge on any atom is -0.372 e. The number of amides is 2. The predicted octanol–water partition coefficient (Wildman–Crippen LogP) is 0.877. The van der Waals surface area contributed by atoms with Gasteiger partial charge in [0.1, 0.15) is 12.7 Å². The van der Waals surface area contributed by atoms with E-state index in [0.29, 0.717) is 26.2 Å². The van der Waals surface area contributed by atoms with Crippen LogP contribution in [0, 0.1) is 0 Å². The van der Waals surface area contributed by atoms with E-state index in [2.05, 4.69) is 22.3 Å². The number of ether oxygens (including phenoxy) is 1. The summed E-state index contributed by atoms with van der Waals surface area (Å²) < 4.78 is 7.45. The quantitative estimate of drug-likeness (QED) is 0.889. The van der Waals surface area contributed by atoms with Crippen molar-refractivity contribution in [1.82, 2.24) is 25.0 Å². The molecule has 0 bridgehead atoms. The van der Waals surface area contributed by atoms with E-state index in [1.807, 2.05) is 18.7 Å². The molecular weight excluding hydrogens is 258 g/mol. The number of urea groups is 1. The standard InChI is InChI=1S/C13H23N5O2/c1-4-13(3)8-17(5-6-20-13)12(19)16-11(2)7-18-10-14-9-15-18/h9-11H,4-8H2,1-3H3,(H,16,19)/t11-,13+/m0/s1. The predicted molar refractivity (Wildman–Crippen MR) is 74.2 cm³/mol. The van der Waals surface area contributed by atoms with E-state index in [1.54, 1.807) is 11.0 Å². The minimum atomic E-state index is -0.231. The largest absolute Gasteiger partial charge is 0.372 e. The molecule has 2 atom stereocenters. The summed E-state index contributed by atoms with van der Waals surface area (Å²) in [6.45, 7) is 8.55. The number of rotatable bonds is 4. The fraction of sp³-hybridized carbons (Fsp3) is 0.769. The Kier molecular flexibility index (Phi) is 4.59. The van der Waals surface area contributed by atoms with Crippen molar-refractivity contribution in [2.24, 2.45) is 0 Å². The number of nitrogens with zero attached hydrogens (tertiary/aromatic N) is 4. The van der Waals surface area contributed by atoms with E-state index in [1.165, 1.54) is 6.33 Å². The van der Waals surface area contributed by atoms with E-state index in [0.717, 1.165) is 6.42 Å². The topological polar surface area (TPSA) is 72.3 Å². The van der Waals surface area contributed by atoms with Crippen LogP contribution in [0.15, 0.2) is 12.7 Å². The van der Waals surface area contributed by atoms with Crippen molar-refractivity contribution in [3.8, 4) is 0 Å². The average Bonchev–Trinajstić information content (AvgIpc) is 2.91. The molecule has 1 N–H and O–H groups in total. The lowest BCUT2D eigenvalue weighted by molar-refractivity contribution is -0.0874. The van der Waals surface area contributed by atoms with Crippen LogP contribution in [-0.4, -0.2) is 57.0 Å². The molecule has 20 heavy (non-hydrogen) atoms. The van der Waals surface area contributed by atoms with Crippen molar-refractivity contribution in [2.45, 2.75) is 45.4 Å². The molecule has 1 aliphatic rings. The number of aromatic nitrogens is 3. The molecule has 2 heterocycles. The van der Waals surface area contributed by atoms with Crippen molar-refractivity contribution in [1.29, 1.82) is 0 Å². The molecule has 1 fully saturated rings. The fourth-order valence-corrected chi connectivity index (χ4v) is 2.27. The maximum atomic E-state index is 12.3. The molecule has 0 unspecified atom stereocenters. The number of carbonyl (C=O) groups excluding carboxylic acids is 1. The second-order valence-corrected chi connectivity index (χ2v) is 5.54. The van der Waals surface area contributed by atoms with Crippen LogP contribution in [0.5, 0.6) is 0 Å². The Balaban J connectivity index is 1.84. The second kappa shape index (κ2) is 6.21. The number of carbonyl (C=O) groups is 1. The molecule has 0 aromatic carbocycles. The van der Waals surface area contributed by atoms with Crippen LogP contribution in [0.4, 0.5) is 4.79 Å². The number of morpholine rings is 1. The van der Waals surface area contributed by atoms with Gasteiger partial charge >= 0.3 is 6.03 Å². The zero-order chi connectivity index (χ0) is 14.6. The van der Waals surface area contributed by atoms with Gasteiger partial charge in [0, 0.05) is 12.6 Å². The van der Waals surface area contributed by atoms with Gasteiger partial charge < -0.3 is 15.0 Å². The van der Waals surface area contributed by atoms with Crippen molar-refractivity contribution in [3.63, 3.8) is 0 Å². The van der Waals surface area contributed by atoms with E-state index < -0.39 is 0 Å². The summed E-state index contributed by atoms with van der Waals surface area (Å²) in [6, 6.07) is -0.0412. The van der Waals surface area contributed by atoms with E-state index in [9.17, 15) is 4.79 Å². The van der Waals surface area contributed by atoms with Crippen LogP contribution in [0.3, 0.4) is 0 Å². The Morgan fingerprint density at radius 1 is 1.60 bits per heavy atom. The van der Waals surface area contributed by atoms with Crippen LogP contribution in [0.2, 0.25) is 0 Å². The highest BCUT2D eigenvalue weighted by atomic mass is 16.5. The van der Waals surface area contributed by atoms with Crippen molar-refractivity contribution >= 4 is 6.03 Å². The third kappa shape index (κ3) is 3.69. The van der Waals surface area contributed by atoms with Gasteiger partial charge in [0.25, 0.3) is 0 Å². The summed E-state index contributed by atoms with van der Waals surface area (Å²) in [5.41, 5.74) is -0.231. The molecule has 0 spiro atoms. The number of hydrogen-bond donors (Lipinski definition) is 1. The minimum absolute atomic E-state index is 0.0000671. The molecule has 0 aliphatic carbocycles. The highest BCUT2D eigenvalue weighted by Gasteiger charge is 2.32. The van der Waals surface area contributed by atoms with Crippen molar-refractivity contribution in [2.75, 3.05) is 19.7 Å². The first-order valence-corrected chi connectivity index (χ1v) is 7.04. The van der Waals surface area contributed by atoms with Crippen LogP contribution in [0.1, 0.15) is 27.2 Å². The molecule has 2 rings (SSSR count). The van der Waals surface area contributed by atoms with Gasteiger partial charge in [-0.1, -0.05) is 6.92 Å². The van der Waals surface area contributed by atoms with Gasteiger partial charge in [0.15, 0.2) is 0 Å². The van der Waals surface area contributed by atoms with Crippen molar-refractivity contribution < 1.29 is 9.53 Å². The Morgan fingerprint density at radius 2 is 2.40 bits per heavy atom. The summed E-state index contributed by atoms with van der Waals surface area (Å²) in [5.74, 6) is 0. The van der Waals surface area contributed by atoms with Gasteiger partial charge in [0.05, 0.1) is 25.3 Å². The molecule has 0 saturated carbocycles. The third-order valence-corrected chi connectivity index (χ3v) is 3.67. The van der Waals surface area contributed by atoms with Gasteiger partial charge in [-0.15, -0.1) is 0 Å². The van der Waals surface area contributed by atoms with Crippen LogP contribution >= 0.6 is 0 Å². The molecular formula is C13H23N5O2. The molecule has 112 valence electrons. The summed E-state index contributed by atoms with van der Waals surface area (Å²) in [5, 5.41) is 7.03. The van der Waals surface area contributed by atoms with Gasteiger partial charge in [-0.3, -0.25) is 4.68 Å². The molecule has 2 amide bonds. The Labute approximate surface area is 119 Å². The number of nitrogens with one attached hydrogen (secondary N) is 1.